The largest absolute Gasteiger partial charge is 0.469 e. The van der Waals surface area contributed by atoms with Crippen molar-refractivity contribution in [2.75, 3.05) is 20.1 Å². The SMILES string of the molecule is CCNC(=NCCc1ccco1)N(C)Cc1ncc(Cl)n1C. The first-order valence-electron chi connectivity index (χ1n) is 7.29. The van der Waals surface area contributed by atoms with E-state index in [1.807, 2.05) is 42.6 Å². The van der Waals surface area contributed by atoms with Crippen molar-refractivity contribution in [2.45, 2.75) is 19.9 Å². The van der Waals surface area contributed by atoms with E-state index in [0.29, 0.717) is 18.2 Å². The molecule has 2 aromatic rings. The fourth-order valence-electron chi connectivity index (χ4n) is 2.05. The zero-order valence-corrected chi connectivity index (χ0v) is 14.0. The summed E-state index contributed by atoms with van der Waals surface area (Å²) in [6.07, 6.45) is 4.12. The Morgan fingerprint density at radius 3 is 2.95 bits per heavy atom. The highest BCUT2D eigenvalue weighted by molar-refractivity contribution is 6.29. The van der Waals surface area contributed by atoms with Crippen molar-refractivity contribution in [3.05, 3.63) is 41.3 Å². The molecule has 2 heterocycles. The number of rotatable bonds is 6. The maximum atomic E-state index is 6.02. The van der Waals surface area contributed by atoms with Crippen molar-refractivity contribution >= 4 is 17.6 Å². The smallest absolute Gasteiger partial charge is 0.194 e. The van der Waals surface area contributed by atoms with Gasteiger partial charge in [-0.25, -0.2) is 4.98 Å². The van der Waals surface area contributed by atoms with E-state index in [1.54, 1.807) is 12.5 Å². The fourth-order valence-corrected chi connectivity index (χ4v) is 2.20. The molecule has 0 aliphatic rings. The molecule has 2 rings (SSSR count). The molecule has 0 atom stereocenters. The van der Waals surface area contributed by atoms with Crippen LogP contribution in [0.15, 0.2) is 34.0 Å². The van der Waals surface area contributed by atoms with Crippen molar-refractivity contribution in [1.82, 2.24) is 19.8 Å². The van der Waals surface area contributed by atoms with Crippen LogP contribution in [0, 0.1) is 0 Å². The van der Waals surface area contributed by atoms with E-state index in [4.69, 9.17) is 16.0 Å². The maximum Gasteiger partial charge on any atom is 0.194 e. The van der Waals surface area contributed by atoms with Gasteiger partial charge in [0.2, 0.25) is 0 Å². The maximum absolute atomic E-state index is 6.02. The fraction of sp³-hybridized carbons (Fsp3) is 0.467. The predicted molar refractivity (Wildman–Crippen MR) is 88.1 cm³/mol. The molecule has 0 amide bonds. The van der Waals surface area contributed by atoms with Crippen LogP contribution in [-0.2, 0) is 20.0 Å². The third-order valence-electron chi connectivity index (χ3n) is 3.30. The molecular weight excluding hydrogens is 302 g/mol. The Hall–Kier alpha value is -1.95. The molecule has 0 aromatic carbocycles. The second kappa shape index (κ2) is 7.89. The molecule has 0 saturated heterocycles. The average molecular weight is 324 g/mol. The zero-order chi connectivity index (χ0) is 15.9. The molecule has 0 aliphatic carbocycles. The lowest BCUT2D eigenvalue weighted by atomic mass is 10.3. The van der Waals surface area contributed by atoms with Crippen molar-refractivity contribution < 1.29 is 4.42 Å². The number of hydrogen-bond acceptors (Lipinski definition) is 3. The first-order chi connectivity index (χ1) is 10.6. The van der Waals surface area contributed by atoms with Gasteiger partial charge in [-0.2, -0.15) is 0 Å². The summed E-state index contributed by atoms with van der Waals surface area (Å²) in [5.41, 5.74) is 0. The highest BCUT2D eigenvalue weighted by atomic mass is 35.5. The minimum Gasteiger partial charge on any atom is -0.469 e. The van der Waals surface area contributed by atoms with Crippen molar-refractivity contribution in [2.24, 2.45) is 12.0 Å². The van der Waals surface area contributed by atoms with Gasteiger partial charge >= 0.3 is 0 Å². The first kappa shape index (κ1) is 16.4. The summed E-state index contributed by atoms with van der Waals surface area (Å²) in [5, 5.41) is 3.91. The molecule has 0 saturated carbocycles. The topological polar surface area (TPSA) is 58.6 Å². The van der Waals surface area contributed by atoms with E-state index in [9.17, 15) is 0 Å². The molecule has 0 radical (unpaired) electrons. The van der Waals surface area contributed by atoms with E-state index in [1.165, 1.54) is 0 Å². The second-order valence-corrected chi connectivity index (χ2v) is 5.36. The van der Waals surface area contributed by atoms with Gasteiger partial charge in [0.1, 0.15) is 16.7 Å². The third kappa shape index (κ3) is 4.27. The van der Waals surface area contributed by atoms with E-state index in [-0.39, 0.29) is 0 Å². The number of guanidine groups is 1. The van der Waals surface area contributed by atoms with Crippen LogP contribution >= 0.6 is 11.6 Å². The van der Waals surface area contributed by atoms with Crippen LogP contribution in [0.1, 0.15) is 18.5 Å². The van der Waals surface area contributed by atoms with Gasteiger partial charge in [0, 0.05) is 33.6 Å². The number of aliphatic imine (C=N–C) groups is 1. The average Bonchev–Trinajstić information content (AvgIpc) is 3.12. The Morgan fingerprint density at radius 1 is 1.55 bits per heavy atom. The van der Waals surface area contributed by atoms with Gasteiger partial charge in [-0.3, -0.25) is 4.99 Å². The van der Waals surface area contributed by atoms with E-state index in [0.717, 1.165) is 30.5 Å². The zero-order valence-electron chi connectivity index (χ0n) is 13.2. The molecule has 0 bridgehead atoms. The minimum absolute atomic E-state index is 0.628. The van der Waals surface area contributed by atoms with E-state index < -0.39 is 0 Å². The Balaban J connectivity index is 1.97. The summed E-state index contributed by atoms with van der Waals surface area (Å²) in [6.45, 7) is 4.16. The highest BCUT2D eigenvalue weighted by Crippen LogP contribution is 2.10. The van der Waals surface area contributed by atoms with Crippen LogP contribution in [0.2, 0.25) is 5.15 Å². The Morgan fingerprint density at radius 2 is 2.36 bits per heavy atom. The summed E-state index contributed by atoms with van der Waals surface area (Å²) in [4.78, 5) is 11.0. The molecule has 2 aromatic heterocycles. The highest BCUT2D eigenvalue weighted by Gasteiger charge is 2.11. The van der Waals surface area contributed by atoms with Gasteiger partial charge in [0.25, 0.3) is 0 Å². The van der Waals surface area contributed by atoms with Crippen molar-refractivity contribution in [3.8, 4) is 0 Å². The molecular formula is C15H22ClN5O. The normalized spacial score (nSPS) is 11.7. The summed E-state index contributed by atoms with van der Waals surface area (Å²) >= 11 is 6.02. The van der Waals surface area contributed by atoms with Gasteiger partial charge in [-0.15, -0.1) is 0 Å². The molecule has 6 nitrogen and oxygen atoms in total. The number of halogens is 1. The molecule has 120 valence electrons. The molecule has 0 fully saturated rings. The first-order valence-corrected chi connectivity index (χ1v) is 7.67. The summed E-state index contributed by atoms with van der Waals surface area (Å²) in [6, 6.07) is 3.85. The Bertz CT molecular complexity index is 605. The van der Waals surface area contributed by atoms with E-state index >= 15 is 0 Å². The van der Waals surface area contributed by atoms with E-state index in [2.05, 4.69) is 15.3 Å². The number of imidazole rings is 1. The number of nitrogens with one attached hydrogen (secondary N) is 1. The lowest BCUT2D eigenvalue weighted by Gasteiger charge is -2.21. The Kier molecular flexibility index (Phi) is 5.89. The number of aromatic nitrogens is 2. The standard InChI is InChI=1S/C15H22ClN5O/c1-4-17-15(18-8-7-12-6-5-9-22-12)20(2)11-14-19-10-13(16)21(14)3/h5-6,9-10H,4,7-8,11H2,1-3H3,(H,17,18). The van der Waals surface area contributed by atoms with Gasteiger partial charge in [-0.1, -0.05) is 11.6 Å². The van der Waals surface area contributed by atoms with Gasteiger partial charge in [-0.05, 0) is 19.1 Å². The minimum atomic E-state index is 0.628. The van der Waals surface area contributed by atoms with Gasteiger partial charge < -0.3 is 19.2 Å². The Labute approximate surface area is 135 Å². The number of furan rings is 1. The summed E-state index contributed by atoms with van der Waals surface area (Å²) in [5.74, 6) is 2.68. The van der Waals surface area contributed by atoms with Crippen LogP contribution in [-0.4, -0.2) is 40.5 Å². The quantitative estimate of drug-likeness (QED) is 0.654. The lowest BCUT2D eigenvalue weighted by molar-refractivity contribution is 0.453. The number of hydrogen-bond donors (Lipinski definition) is 1. The van der Waals surface area contributed by atoms with Gasteiger partial charge in [0.15, 0.2) is 5.96 Å². The lowest BCUT2D eigenvalue weighted by Crippen LogP contribution is -2.39. The molecule has 0 spiro atoms. The predicted octanol–water partition coefficient (Wildman–Crippen LogP) is 2.31. The monoisotopic (exact) mass is 323 g/mol. The second-order valence-electron chi connectivity index (χ2n) is 4.98. The molecule has 0 unspecified atom stereocenters. The number of nitrogens with zero attached hydrogens (tertiary/aromatic N) is 4. The van der Waals surface area contributed by atoms with Crippen molar-refractivity contribution in [1.29, 1.82) is 0 Å². The molecule has 22 heavy (non-hydrogen) atoms. The summed E-state index contributed by atoms with van der Waals surface area (Å²) in [7, 11) is 3.89. The van der Waals surface area contributed by atoms with Crippen molar-refractivity contribution in [3.63, 3.8) is 0 Å². The van der Waals surface area contributed by atoms with Crippen LogP contribution in [0.3, 0.4) is 0 Å². The third-order valence-corrected chi connectivity index (χ3v) is 3.65. The molecule has 7 heteroatoms. The van der Waals surface area contributed by atoms with Crippen LogP contribution in [0.25, 0.3) is 0 Å². The summed E-state index contributed by atoms with van der Waals surface area (Å²) < 4.78 is 7.18. The van der Waals surface area contributed by atoms with Crippen LogP contribution in [0.4, 0.5) is 0 Å². The van der Waals surface area contributed by atoms with Crippen LogP contribution in [0.5, 0.6) is 0 Å². The molecule has 1 N–H and O–H groups in total. The van der Waals surface area contributed by atoms with Crippen LogP contribution < -0.4 is 5.32 Å². The molecule has 0 aliphatic heterocycles. The van der Waals surface area contributed by atoms with Gasteiger partial charge in [0.05, 0.1) is 19.0 Å².